The van der Waals surface area contributed by atoms with Crippen molar-refractivity contribution in [3.05, 3.63) is 30.1 Å². The van der Waals surface area contributed by atoms with Crippen molar-refractivity contribution < 1.29 is 14.6 Å². The number of carboxylic acids is 1. The van der Waals surface area contributed by atoms with Crippen molar-refractivity contribution in [2.75, 3.05) is 12.9 Å². The zero-order valence-corrected chi connectivity index (χ0v) is 12.9. The summed E-state index contributed by atoms with van der Waals surface area (Å²) in [6, 6.07) is 7.53. The summed E-state index contributed by atoms with van der Waals surface area (Å²) in [5.74, 6) is 0.664. The lowest BCUT2D eigenvalue weighted by Gasteiger charge is -2.14. The second-order valence-corrected chi connectivity index (χ2v) is 5.63. The maximum atomic E-state index is 10.8. The molecule has 0 radical (unpaired) electrons. The van der Waals surface area contributed by atoms with Gasteiger partial charge in [-0.05, 0) is 12.1 Å². The third-order valence-corrected chi connectivity index (χ3v) is 3.74. The van der Waals surface area contributed by atoms with Gasteiger partial charge in [0.15, 0.2) is 5.16 Å². The Labute approximate surface area is 127 Å². The van der Waals surface area contributed by atoms with Crippen molar-refractivity contribution in [2.45, 2.75) is 24.9 Å². The van der Waals surface area contributed by atoms with Gasteiger partial charge >= 0.3 is 5.97 Å². The number of carboxylic acid groups (broad SMARTS) is 1. The van der Waals surface area contributed by atoms with Gasteiger partial charge in [-0.2, -0.15) is 0 Å². The lowest BCUT2D eigenvalue weighted by molar-refractivity contribution is -0.133. The topological polar surface area (TPSA) is 77.2 Å². The summed E-state index contributed by atoms with van der Waals surface area (Å²) in [5, 5.41) is 17.7. The number of thioether (sulfide) groups is 1. The highest BCUT2D eigenvalue weighted by molar-refractivity contribution is 7.99. The fourth-order valence-corrected chi connectivity index (χ4v) is 2.59. The highest BCUT2D eigenvalue weighted by Crippen LogP contribution is 2.30. The monoisotopic (exact) mass is 307 g/mol. The summed E-state index contributed by atoms with van der Waals surface area (Å²) >= 11 is 1.14. The number of carbonyl (C=O) groups is 1. The van der Waals surface area contributed by atoms with Gasteiger partial charge in [0.05, 0.1) is 18.6 Å². The van der Waals surface area contributed by atoms with Crippen LogP contribution in [0.5, 0.6) is 5.75 Å². The van der Waals surface area contributed by atoms with E-state index >= 15 is 0 Å². The SMILES string of the molecule is COc1ccccc1-n1c(SCC(=O)O)nnc1C(C)C. The average molecular weight is 307 g/mol. The fourth-order valence-electron chi connectivity index (χ4n) is 1.92. The highest BCUT2D eigenvalue weighted by atomic mass is 32.2. The Hall–Kier alpha value is -2.02. The largest absolute Gasteiger partial charge is 0.495 e. The molecule has 0 aliphatic carbocycles. The average Bonchev–Trinajstić information content (AvgIpc) is 2.88. The minimum Gasteiger partial charge on any atom is -0.495 e. The van der Waals surface area contributed by atoms with Crippen LogP contribution in [-0.2, 0) is 4.79 Å². The quantitative estimate of drug-likeness (QED) is 0.827. The number of rotatable bonds is 6. The van der Waals surface area contributed by atoms with Crippen LogP contribution in [0.4, 0.5) is 0 Å². The third-order valence-electron chi connectivity index (χ3n) is 2.83. The number of nitrogens with zero attached hydrogens (tertiary/aromatic N) is 3. The van der Waals surface area contributed by atoms with E-state index in [9.17, 15) is 4.79 Å². The minimum atomic E-state index is -0.888. The lowest BCUT2D eigenvalue weighted by Crippen LogP contribution is -2.07. The van der Waals surface area contributed by atoms with E-state index in [0.29, 0.717) is 10.9 Å². The van der Waals surface area contributed by atoms with Crippen LogP contribution in [0.15, 0.2) is 29.4 Å². The molecule has 0 atom stereocenters. The maximum Gasteiger partial charge on any atom is 0.313 e. The van der Waals surface area contributed by atoms with Gasteiger partial charge in [-0.1, -0.05) is 37.7 Å². The van der Waals surface area contributed by atoms with Crippen LogP contribution in [0.3, 0.4) is 0 Å². The van der Waals surface area contributed by atoms with E-state index < -0.39 is 5.97 Å². The molecule has 1 aromatic carbocycles. The molecule has 0 spiro atoms. The summed E-state index contributed by atoms with van der Waals surface area (Å²) in [4.78, 5) is 10.8. The summed E-state index contributed by atoms with van der Waals surface area (Å²) in [6.45, 7) is 4.03. The molecular formula is C14H17N3O3S. The van der Waals surface area contributed by atoms with E-state index in [2.05, 4.69) is 10.2 Å². The Morgan fingerprint density at radius 3 is 2.71 bits per heavy atom. The van der Waals surface area contributed by atoms with Gasteiger partial charge in [-0.25, -0.2) is 0 Å². The van der Waals surface area contributed by atoms with Crippen LogP contribution in [0, 0.1) is 0 Å². The van der Waals surface area contributed by atoms with Crippen molar-refractivity contribution in [1.82, 2.24) is 14.8 Å². The van der Waals surface area contributed by atoms with E-state index in [0.717, 1.165) is 23.3 Å². The van der Waals surface area contributed by atoms with Crippen LogP contribution in [0.2, 0.25) is 0 Å². The molecular weight excluding hydrogens is 290 g/mol. The smallest absolute Gasteiger partial charge is 0.313 e. The van der Waals surface area contributed by atoms with Gasteiger partial charge in [-0.15, -0.1) is 10.2 Å². The molecule has 0 aliphatic rings. The highest BCUT2D eigenvalue weighted by Gasteiger charge is 2.19. The Balaban J connectivity index is 2.53. The molecule has 0 unspecified atom stereocenters. The minimum absolute atomic E-state index is 0.0641. The first kappa shape index (κ1) is 15.4. The van der Waals surface area contributed by atoms with Crippen molar-refractivity contribution in [3.63, 3.8) is 0 Å². The molecule has 112 valence electrons. The van der Waals surface area contributed by atoms with Gasteiger partial charge in [0.2, 0.25) is 0 Å². The Morgan fingerprint density at radius 1 is 1.38 bits per heavy atom. The van der Waals surface area contributed by atoms with Crippen molar-refractivity contribution >= 4 is 17.7 Å². The van der Waals surface area contributed by atoms with E-state index in [1.54, 1.807) is 7.11 Å². The molecule has 21 heavy (non-hydrogen) atoms. The van der Waals surface area contributed by atoms with Gasteiger partial charge < -0.3 is 9.84 Å². The molecule has 2 aromatic rings. The molecule has 1 N–H and O–H groups in total. The second-order valence-electron chi connectivity index (χ2n) is 4.69. The molecule has 0 bridgehead atoms. The zero-order chi connectivity index (χ0) is 15.4. The Kier molecular flexibility index (Phi) is 4.85. The first-order chi connectivity index (χ1) is 10.0. The molecule has 2 rings (SSSR count). The summed E-state index contributed by atoms with van der Waals surface area (Å²) in [5.41, 5.74) is 0.807. The third kappa shape index (κ3) is 3.36. The van der Waals surface area contributed by atoms with E-state index in [4.69, 9.17) is 9.84 Å². The van der Waals surface area contributed by atoms with Crippen molar-refractivity contribution in [3.8, 4) is 11.4 Å². The summed E-state index contributed by atoms with van der Waals surface area (Å²) in [7, 11) is 1.60. The van der Waals surface area contributed by atoms with Crippen LogP contribution >= 0.6 is 11.8 Å². The first-order valence-corrected chi connectivity index (χ1v) is 7.46. The molecule has 1 aromatic heterocycles. The van der Waals surface area contributed by atoms with Crippen LogP contribution < -0.4 is 4.74 Å². The predicted molar refractivity (Wildman–Crippen MR) is 80.4 cm³/mol. The van der Waals surface area contributed by atoms with E-state index in [1.165, 1.54) is 0 Å². The Morgan fingerprint density at radius 2 is 2.10 bits per heavy atom. The first-order valence-electron chi connectivity index (χ1n) is 6.48. The molecule has 0 amide bonds. The Bertz CT molecular complexity index is 640. The molecule has 6 nitrogen and oxygen atoms in total. The zero-order valence-electron chi connectivity index (χ0n) is 12.1. The van der Waals surface area contributed by atoms with E-state index in [-0.39, 0.29) is 11.7 Å². The fraction of sp³-hybridized carbons (Fsp3) is 0.357. The summed E-state index contributed by atoms with van der Waals surface area (Å²) < 4.78 is 7.24. The van der Waals surface area contributed by atoms with Crippen LogP contribution in [0.1, 0.15) is 25.6 Å². The maximum absolute atomic E-state index is 10.8. The number of para-hydroxylation sites is 2. The summed E-state index contributed by atoms with van der Waals surface area (Å²) in [6.07, 6.45) is 0. The second kappa shape index (κ2) is 6.62. The molecule has 0 saturated heterocycles. The molecule has 0 aliphatic heterocycles. The number of hydrogen-bond donors (Lipinski definition) is 1. The van der Waals surface area contributed by atoms with Crippen LogP contribution in [-0.4, -0.2) is 38.7 Å². The number of methoxy groups -OCH3 is 1. The number of hydrogen-bond acceptors (Lipinski definition) is 5. The predicted octanol–water partition coefficient (Wildman–Crippen LogP) is 2.58. The molecule has 1 heterocycles. The molecule has 7 heteroatoms. The van der Waals surface area contributed by atoms with Gasteiger partial charge in [0, 0.05) is 5.92 Å². The van der Waals surface area contributed by atoms with Gasteiger partial charge in [-0.3, -0.25) is 9.36 Å². The standard InChI is InChI=1S/C14H17N3O3S/c1-9(2)13-15-16-14(21-8-12(18)19)17(13)10-6-4-5-7-11(10)20-3/h4-7,9H,8H2,1-3H3,(H,18,19). The van der Waals surface area contributed by atoms with Crippen molar-refractivity contribution in [1.29, 1.82) is 0 Å². The van der Waals surface area contributed by atoms with Gasteiger partial charge in [0.25, 0.3) is 0 Å². The van der Waals surface area contributed by atoms with Crippen molar-refractivity contribution in [2.24, 2.45) is 0 Å². The lowest BCUT2D eigenvalue weighted by atomic mass is 10.2. The van der Waals surface area contributed by atoms with Crippen LogP contribution in [0.25, 0.3) is 5.69 Å². The number of aliphatic carboxylic acids is 1. The molecule has 0 saturated carbocycles. The number of benzene rings is 1. The normalized spacial score (nSPS) is 10.9. The van der Waals surface area contributed by atoms with E-state index in [1.807, 2.05) is 42.7 Å². The van der Waals surface area contributed by atoms with Gasteiger partial charge in [0.1, 0.15) is 11.6 Å². The molecule has 0 fully saturated rings. The number of ether oxygens (including phenoxy) is 1. The number of aromatic nitrogens is 3.